The fraction of sp³-hybridized carbons (Fsp3) is 0.105. The third kappa shape index (κ3) is 2.40. The molecule has 21 heavy (non-hydrogen) atoms. The topological polar surface area (TPSA) is 26.3 Å². The minimum atomic E-state index is 0.000145. The highest BCUT2D eigenvalue weighted by Crippen LogP contribution is 2.43. The summed E-state index contributed by atoms with van der Waals surface area (Å²) in [6.45, 7) is 3.81. The van der Waals surface area contributed by atoms with E-state index in [0.29, 0.717) is 17.8 Å². The average molecular weight is 276 g/mol. The Labute approximate surface area is 124 Å². The number of rotatable bonds is 4. The molecule has 2 heteroatoms. The van der Waals surface area contributed by atoms with E-state index in [1.807, 2.05) is 60.7 Å². The van der Waals surface area contributed by atoms with Crippen molar-refractivity contribution < 1.29 is 9.53 Å². The first kappa shape index (κ1) is 13.4. The zero-order chi connectivity index (χ0) is 14.7. The fourth-order valence-electron chi connectivity index (χ4n) is 2.73. The van der Waals surface area contributed by atoms with E-state index in [0.717, 1.165) is 23.2 Å². The van der Waals surface area contributed by atoms with E-state index in [1.165, 1.54) is 0 Å². The molecule has 1 atom stereocenters. The number of hydrogen-bond acceptors (Lipinski definition) is 2. The monoisotopic (exact) mass is 276 g/mol. The van der Waals surface area contributed by atoms with Gasteiger partial charge in [-0.2, -0.15) is 0 Å². The van der Waals surface area contributed by atoms with Crippen LogP contribution < -0.4 is 4.74 Å². The molecular formula is C19H16O2. The summed E-state index contributed by atoms with van der Waals surface area (Å²) in [6, 6.07) is 17.6. The molecule has 0 aromatic heterocycles. The predicted octanol–water partition coefficient (Wildman–Crippen LogP) is 4.35. The van der Waals surface area contributed by atoms with E-state index in [-0.39, 0.29) is 5.92 Å². The number of benzene rings is 2. The summed E-state index contributed by atoms with van der Waals surface area (Å²) in [6.07, 6.45) is 3.47. The van der Waals surface area contributed by atoms with Crippen LogP contribution in [0.25, 0.3) is 5.76 Å². The largest absolute Gasteiger partial charge is 0.456 e. The normalized spacial score (nSPS) is 16.9. The molecule has 0 spiro atoms. The highest BCUT2D eigenvalue weighted by atomic mass is 16.5. The van der Waals surface area contributed by atoms with Crippen molar-refractivity contribution in [3.8, 4) is 5.75 Å². The molecule has 1 aliphatic rings. The van der Waals surface area contributed by atoms with Gasteiger partial charge in [0.05, 0.1) is 0 Å². The van der Waals surface area contributed by atoms with Gasteiger partial charge in [0.2, 0.25) is 0 Å². The third-order valence-corrected chi connectivity index (χ3v) is 3.71. The Balaban J connectivity index is 2.18. The van der Waals surface area contributed by atoms with E-state index in [9.17, 15) is 4.79 Å². The van der Waals surface area contributed by atoms with E-state index >= 15 is 0 Å². The summed E-state index contributed by atoms with van der Waals surface area (Å²) in [4.78, 5) is 11.7. The van der Waals surface area contributed by atoms with E-state index < -0.39 is 0 Å². The van der Waals surface area contributed by atoms with Crippen LogP contribution in [0.4, 0.5) is 0 Å². The van der Waals surface area contributed by atoms with Crippen molar-refractivity contribution in [2.24, 2.45) is 0 Å². The summed E-state index contributed by atoms with van der Waals surface area (Å²) in [7, 11) is 0. The van der Waals surface area contributed by atoms with Crippen molar-refractivity contribution in [3.05, 3.63) is 84.0 Å². The Hall–Kier alpha value is -2.61. The standard InChI is InChI=1S/C19H16O2/c1-2-8-15-16-11-6-7-12-18(16)21-19(17(15)13-20)14-9-4-3-5-10-14/h2-7,9-13,15H,1,8H2/t15-/m0/s1. The number of carbonyl (C=O) groups excluding carboxylic acids is 1. The maximum Gasteiger partial charge on any atom is 0.150 e. The zero-order valence-electron chi connectivity index (χ0n) is 11.7. The molecule has 1 heterocycles. The van der Waals surface area contributed by atoms with Gasteiger partial charge >= 0.3 is 0 Å². The van der Waals surface area contributed by atoms with Crippen molar-refractivity contribution in [2.45, 2.75) is 12.3 Å². The van der Waals surface area contributed by atoms with Gasteiger partial charge in [0.1, 0.15) is 17.8 Å². The van der Waals surface area contributed by atoms with Crippen molar-refractivity contribution in [3.63, 3.8) is 0 Å². The highest BCUT2D eigenvalue weighted by molar-refractivity contribution is 5.90. The molecule has 0 saturated heterocycles. The lowest BCUT2D eigenvalue weighted by atomic mass is 9.84. The Morgan fingerprint density at radius 1 is 1.05 bits per heavy atom. The second-order valence-electron chi connectivity index (χ2n) is 4.99. The Morgan fingerprint density at radius 2 is 1.76 bits per heavy atom. The van der Waals surface area contributed by atoms with Crippen LogP contribution in [-0.2, 0) is 4.79 Å². The minimum absolute atomic E-state index is 0.000145. The number of ether oxygens (including phenoxy) is 1. The van der Waals surface area contributed by atoms with Gasteiger partial charge in [0, 0.05) is 22.6 Å². The first-order valence-electron chi connectivity index (χ1n) is 6.97. The summed E-state index contributed by atoms with van der Waals surface area (Å²) in [5.41, 5.74) is 2.64. The minimum Gasteiger partial charge on any atom is -0.456 e. The van der Waals surface area contributed by atoms with Crippen LogP contribution in [0.5, 0.6) is 5.75 Å². The number of hydrogen-bond donors (Lipinski definition) is 0. The molecule has 0 amide bonds. The number of aldehydes is 1. The van der Waals surface area contributed by atoms with Crippen LogP contribution in [0.2, 0.25) is 0 Å². The van der Waals surface area contributed by atoms with Gasteiger partial charge in [0.15, 0.2) is 0 Å². The van der Waals surface area contributed by atoms with E-state index in [1.54, 1.807) is 0 Å². The lowest BCUT2D eigenvalue weighted by Gasteiger charge is -2.28. The molecule has 2 aromatic rings. The van der Waals surface area contributed by atoms with Crippen molar-refractivity contribution >= 4 is 12.0 Å². The van der Waals surface area contributed by atoms with Crippen molar-refractivity contribution in [1.29, 1.82) is 0 Å². The molecule has 0 unspecified atom stereocenters. The SMILES string of the molecule is C=CC[C@@H]1C(C=O)=C(c2ccccc2)Oc2ccccc21. The quantitative estimate of drug-likeness (QED) is 0.613. The Morgan fingerprint density at radius 3 is 2.48 bits per heavy atom. The van der Waals surface area contributed by atoms with Gasteiger partial charge in [-0.3, -0.25) is 4.79 Å². The second kappa shape index (κ2) is 5.80. The Bertz CT molecular complexity index is 699. The van der Waals surface area contributed by atoms with Crippen LogP contribution in [0.1, 0.15) is 23.5 Å². The molecule has 104 valence electrons. The van der Waals surface area contributed by atoms with Gasteiger partial charge < -0.3 is 4.74 Å². The summed E-state index contributed by atoms with van der Waals surface area (Å²) in [5.74, 6) is 1.46. The van der Waals surface area contributed by atoms with Crippen LogP contribution in [0.15, 0.2) is 72.8 Å². The summed E-state index contributed by atoms with van der Waals surface area (Å²) in [5, 5.41) is 0. The molecule has 2 aromatic carbocycles. The second-order valence-corrected chi connectivity index (χ2v) is 4.99. The molecule has 3 rings (SSSR count). The molecule has 0 fully saturated rings. The maximum absolute atomic E-state index is 11.7. The van der Waals surface area contributed by atoms with Crippen LogP contribution in [0, 0.1) is 0 Å². The summed E-state index contributed by atoms with van der Waals surface area (Å²) < 4.78 is 6.01. The van der Waals surface area contributed by atoms with Gasteiger partial charge in [-0.1, -0.05) is 54.6 Å². The van der Waals surface area contributed by atoms with Crippen LogP contribution >= 0.6 is 0 Å². The highest BCUT2D eigenvalue weighted by Gasteiger charge is 2.29. The lowest BCUT2D eigenvalue weighted by Crippen LogP contribution is -2.16. The molecule has 1 aliphatic heterocycles. The molecule has 0 aliphatic carbocycles. The van der Waals surface area contributed by atoms with Crippen molar-refractivity contribution in [1.82, 2.24) is 0 Å². The summed E-state index contributed by atoms with van der Waals surface area (Å²) >= 11 is 0. The molecular weight excluding hydrogens is 260 g/mol. The Kier molecular flexibility index (Phi) is 3.69. The van der Waals surface area contributed by atoms with Gasteiger partial charge in [-0.25, -0.2) is 0 Å². The fourth-order valence-corrected chi connectivity index (χ4v) is 2.73. The van der Waals surface area contributed by atoms with Gasteiger partial charge in [-0.15, -0.1) is 6.58 Å². The molecule has 0 N–H and O–H groups in total. The van der Waals surface area contributed by atoms with Crippen molar-refractivity contribution in [2.75, 3.05) is 0 Å². The number of carbonyl (C=O) groups is 1. The molecule has 0 bridgehead atoms. The predicted molar refractivity (Wildman–Crippen MR) is 84.1 cm³/mol. The average Bonchev–Trinajstić information content (AvgIpc) is 2.55. The molecule has 2 nitrogen and oxygen atoms in total. The van der Waals surface area contributed by atoms with E-state index in [4.69, 9.17) is 4.74 Å². The first-order valence-corrected chi connectivity index (χ1v) is 6.97. The number of fused-ring (bicyclic) bond motifs is 1. The van der Waals surface area contributed by atoms with Gasteiger partial charge in [0.25, 0.3) is 0 Å². The van der Waals surface area contributed by atoms with Gasteiger partial charge in [-0.05, 0) is 12.5 Å². The molecule has 0 saturated carbocycles. The van der Waals surface area contributed by atoms with E-state index in [2.05, 4.69) is 6.58 Å². The number of allylic oxidation sites excluding steroid dienone is 2. The lowest BCUT2D eigenvalue weighted by molar-refractivity contribution is -0.105. The first-order chi connectivity index (χ1) is 10.3. The van der Waals surface area contributed by atoms with Crippen LogP contribution in [-0.4, -0.2) is 6.29 Å². The maximum atomic E-state index is 11.7. The number of para-hydroxylation sites is 1. The molecule has 0 radical (unpaired) electrons. The van der Waals surface area contributed by atoms with Crippen LogP contribution in [0.3, 0.4) is 0 Å². The zero-order valence-corrected chi connectivity index (χ0v) is 11.7. The third-order valence-electron chi connectivity index (χ3n) is 3.71. The smallest absolute Gasteiger partial charge is 0.150 e.